The molecule has 0 saturated carbocycles. The van der Waals surface area contributed by atoms with Gasteiger partial charge in [-0.05, 0) is 19.0 Å². The van der Waals surface area contributed by atoms with Crippen molar-refractivity contribution in [2.75, 3.05) is 6.54 Å². The van der Waals surface area contributed by atoms with Crippen LogP contribution in [0.5, 0.6) is 0 Å². The smallest absolute Gasteiger partial charge is 0.183 e. The van der Waals surface area contributed by atoms with Gasteiger partial charge in [-0.2, -0.15) is 5.10 Å². The molecule has 0 aliphatic carbocycles. The van der Waals surface area contributed by atoms with E-state index in [1.807, 2.05) is 24.3 Å². The largest absolute Gasteiger partial charge is 0.330 e. The number of fused-ring (bicyclic) bond motifs is 1. The molecule has 0 fully saturated rings. The third-order valence-electron chi connectivity index (χ3n) is 2.34. The second kappa shape index (κ2) is 4.23. The van der Waals surface area contributed by atoms with E-state index >= 15 is 0 Å². The number of para-hydroxylation sites is 1. The Hall–Kier alpha value is -1.68. The van der Waals surface area contributed by atoms with E-state index in [1.54, 1.807) is 0 Å². The van der Waals surface area contributed by atoms with Gasteiger partial charge in [0.05, 0.1) is 5.52 Å². The first-order valence-corrected chi connectivity index (χ1v) is 4.99. The molecule has 0 radical (unpaired) electrons. The predicted octanol–water partition coefficient (Wildman–Crippen LogP) is 1.48. The number of benzene rings is 1. The highest BCUT2D eigenvalue weighted by molar-refractivity contribution is 6.05. The van der Waals surface area contributed by atoms with Crippen molar-refractivity contribution in [1.29, 1.82) is 0 Å². The lowest BCUT2D eigenvalue weighted by atomic mass is 10.1. The summed E-state index contributed by atoms with van der Waals surface area (Å²) in [5, 5.41) is 7.76. The molecular weight excluding hydrogens is 190 g/mol. The number of hydrogen-bond acceptors (Lipinski definition) is 3. The van der Waals surface area contributed by atoms with Gasteiger partial charge >= 0.3 is 0 Å². The number of nitrogens with one attached hydrogen (secondary N) is 1. The summed E-state index contributed by atoms with van der Waals surface area (Å²) in [6, 6.07) is 7.61. The first-order chi connectivity index (χ1) is 7.33. The van der Waals surface area contributed by atoms with Gasteiger partial charge in [-0.3, -0.25) is 9.89 Å². The molecule has 0 spiro atoms. The molecule has 1 aromatic heterocycles. The number of hydrogen-bond donors (Lipinski definition) is 2. The number of carbonyl (C=O) groups excluding carboxylic acids is 1. The fourth-order valence-electron chi connectivity index (χ4n) is 1.56. The van der Waals surface area contributed by atoms with Crippen LogP contribution in [0.1, 0.15) is 23.3 Å². The van der Waals surface area contributed by atoms with E-state index in [1.165, 1.54) is 0 Å². The Balaban J connectivity index is 2.31. The molecule has 0 aliphatic heterocycles. The zero-order valence-corrected chi connectivity index (χ0v) is 8.36. The minimum Gasteiger partial charge on any atom is -0.330 e. The number of H-pyrrole nitrogens is 1. The molecular formula is C11H13N3O. The van der Waals surface area contributed by atoms with E-state index < -0.39 is 0 Å². The van der Waals surface area contributed by atoms with Crippen molar-refractivity contribution in [3.63, 3.8) is 0 Å². The molecule has 4 nitrogen and oxygen atoms in total. The number of ketones is 1. The number of aromatic amines is 1. The Morgan fingerprint density at radius 1 is 1.40 bits per heavy atom. The van der Waals surface area contributed by atoms with Crippen molar-refractivity contribution in [1.82, 2.24) is 10.2 Å². The number of nitrogens with two attached hydrogens (primary N) is 1. The zero-order chi connectivity index (χ0) is 10.7. The summed E-state index contributed by atoms with van der Waals surface area (Å²) >= 11 is 0. The van der Waals surface area contributed by atoms with E-state index in [0.717, 1.165) is 10.9 Å². The second-order valence-electron chi connectivity index (χ2n) is 3.43. The van der Waals surface area contributed by atoms with Gasteiger partial charge in [0, 0.05) is 11.8 Å². The van der Waals surface area contributed by atoms with Gasteiger partial charge < -0.3 is 5.73 Å². The lowest BCUT2D eigenvalue weighted by Crippen LogP contribution is -2.05. The Bertz CT molecular complexity index is 475. The molecule has 2 rings (SSSR count). The van der Waals surface area contributed by atoms with Crippen molar-refractivity contribution in [3.8, 4) is 0 Å². The first kappa shape index (κ1) is 9.86. The van der Waals surface area contributed by atoms with Gasteiger partial charge in [-0.25, -0.2) is 0 Å². The summed E-state index contributed by atoms with van der Waals surface area (Å²) in [6.07, 6.45) is 1.17. The van der Waals surface area contributed by atoms with Crippen LogP contribution in [0.25, 0.3) is 10.9 Å². The molecule has 1 heterocycles. The molecule has 1 aromatic carbocycles. The number of rotatable bonds is 4. The molecule has 0 aliphatic rings. The summed E-state index contributed by atoms with van der Waals surface area (Å²) in [6.45, 7) is 0.536. The predicted molar refractivity (Wildman–Crippen MR) is 58.7 cm³/mol. The SMILES string of the molecule is NCCCC(=O)c1n[nH]c2ccccc12. The van der Waals surface area contributed by atoms with E-state index in [-0.39, 0.29) is 5.78 Å². The van der Waals surface area contributed by atoms with Crippen LogP contribution >= 0.6 is 0 Å². The molecule has 4 heteroatoms. The molecule has 78 valence electrons. The third kappa shape index (κ3) is 1.89. The van der Waals surface area contributed by atoms with Crippen LogP contribution in [0.2, 0.25) is 0 Å². The van der Waals surface area contributed by atoms with Gasteiger partial charge in [0.15, 0.2) is 5.78 Å². The van der Waals surface area contributed by atoms with Crippen molar-refractivity contribution >= 4 is 16.7 Å². The normalized spacial score (nSPS) is 10.7. The summed E-state index contributed by atoms with van der Waals surface area (Å²) < 4.78 is 0. The molecule has 2 aromatic rings. The lowest BCUT2D eigenvalue weighted by molar-refractivity contribution is 0.0977. The molecule has 3 N–H and O–H groups in total. The van der Waals surface area contributed by atoms with Crippen LogP contribution in [0, 0.1) is 0 Å². The molecule has 15 heavy (non-hydrogen) atoms. The van der Waals surface area contributed by atoms with E-state index in [2.05, 4.69) is 10.2 Å². The molecule has 0 amide bonds. The fourth-order valence-corrected chi connectivity index (χ4v) is 1.56. The summed E-state index contributed by atoms with van der Waals surface area (Å²) in [5.74, 6) is 0.0536. The van der Waals surface area contributed by atoms with Crippen molar-refractivity contribution in [2.45, 2.75) is 12.8 Å². The van der Waals surface area contributed by atoms with Gasteiger partial charge in [0.2, 0.25) is 0 Å². The Morgan fingerprint density at radius 2 is 2.20 bits per heavy atom. The highest BCUT2D eigenvalue weighted by atomic mass is 16.1. The van der Waals surface area contributed by atoms with E-state index in [4.69, 9.17) is 5.73 Å². The number of aromatic nitrogens is 2. The van der Waals surface area contributed by atoms with Crippen molar-refractivity contribution in [3.05, 3.63) is 30.0 Å². The highest BCUT2D eigenvalue weighted by Crippen LogP contribution is 2.16. The number of Topliss-reactive ketones (excluding diaryl/α,β-unsaturated/α-hetero) is 1. The third-order valence-corrected chi connectivity index (χ3v) is 2.34. The average molecular weight is 203 g/mol. The quantitative estimate of drug-likeness (QED) is 0.739. The molecule has 0 unspecified atom stereocenters. The minimum absolute atomic E-state index is 0.0536. The standard InChI is InChI=1S/C11H13N3O/c12-7-3-6-10(15)11-8-4-1-2-5-9(8)13-14-11/h1-2,4-5H,3,6-7,12H2,(H,13,14). The monoisotopic (exact) mass is 203 g/mol. The van der Waals surface area contributed by atoms with E-state index in [0.29, 0.717) is 25.1 Å². The average Bonchev–Trinajstić information content (AvgIpc) is 2.69. The topological polar surface area (TPSA) is 71.8 Å². The second-order valence-corrected chi connectivity index (χ2v) is 3.43. The van der Waals surface area contributed by atoms with Crippen LogP contribution < -0.4 is 5.73 Å². The van der Waals surface area contributed by atoms with Crippen LogP contribution in [-0.4, -0.2) is 22.5 Å². The van der Waals surface area contributed by atoms with Crippen LogP contribution in [0.3, 0.4) is 0 Å². The van der Waals surface area contributed by atoms with Gasteiger partial charge in [0.1, 0.15) is 5.69 Å². The van der Waals surface area contributed by atoms with E-state index in [9.17, 15) is 4.79 Å². The molecule has 0 bridgehead atoms. The maximum atomic E-state index is 11.7. The number of carbonyl (C=O) groups is 1. The van der Waals surface area contributed by atoms with Gasteiger partial charge in [-0.15, -0.1) is 0 Å². The van der Waals surface area contributed by atoms with Crippen LogP contribution in [0.4, 0.5) is 0 Å². The maximum Gasteiger partial charge on any atom is 0.183 e. The summed E-state index contributed by atoms with van der Waals surface area (Å²) in [5.41, 5.74) is 6.79. The first-order valence-electron chi connectivity index (χ1n) is 4.99. The Kier molecular flexibility index (Phi) is 2.78. The minimum atomic E-state index is 0.0536. The fraction of sp³-hybridized carbons (Fsp3) is 0.273. The summed E-state index contributed by atoms with van der Waals surface area (Å²) in [7, 11) is 0. The van der Waals surface area contributed by atoms with Crippen molar-refractivity contribution < 1.29 is 4.79 Å². The van der Waals surface area contributed by atoms with Gasteiger partial charge in [-0.1, -0.05) is 18.2 Å². The van der Waals surface area contributed by atoms with Gasteiger partial charge in [0.25, 0.3) is 0 Å². The highest BCUT2D eigenvalue weighted by Gasteiger charge is 2.12. The Morgan fingerprint density at radius 3 is 3.00 bits per heavy atom. The summed E-state index contributed by atoms with van der Waals surface area (Å²) in [4.78, 5) is 11.7. The van der Waals surface area contributed by atoms with Crippen LogP contribution in [0.15, 0.2) is 24.3 Å². The lowest BCUT2D eigenvalue weighted by Gasteiger charge is -1.95. The maximum absolute atomic E-state index is 11.7. The van der Waals surface area contributed by atoms with Crippen LogP contribution in [-0.2, 0) is 0 Å². The Labute approximate surface area is 87.5 Å². The zero-order valence-electron chi connectivity index (χ0n) is 8.36. The van der Waals surface area contributed by atoms with Crippen molar-refractivity contribution in [2.24, 2.45) is 5.73 Å². The molecule has 0 saturated heterocycles. The number of nitrogens with zero attached hydrogens (tertiary/aromatic N) is 1. The molecule has 0 atom stereocenters.